The summed E-state index contributed by atoms with van der Waals surface area (Å²) in [5.74, 6) is 1.19. The zero-order valence-electron chi connectivity index (χ0n) is 11.7. The molecule has 1 heterocycles. The summed E-state index contributed by atoms with van der Waals surface area (Å²) in [4.78, 5) is 2.53. The molecule has 4 heteroatoms. The van der Waals surface area contributed by atoms with Gasteiger partial charge in [-0.2, -0.15) is 0 Å². The molecular formula is C15H24Cl2N2. The first-order valence-electron chi connectivity index (χ1n) is 6.79. The van der Waals surface area contributed by atoms with Crippen molar-refractivity contribution in [2.75, 3.05) is 19.6 Å². The van der Waals surface area contributed by atoms with Gasteiger partial charge in [-0.3, -0.25) is 0 Å². The van der Waals surface area contributed by atoms with Crippen molar-refractivity contribution >= 4 is 24.0 Å². The molecule has 108 valence electrons. The van der Waals surface area contributed by atoms with Crippen molar-refractivity contribution in [3.8, 4) is 0 Å². The van der Waals surface area contributed by atoms with Crippen LogP contribution in [0.4, 0.5) is 0 Å². The van der Waals surface area contributed by atoms with E-state index in [2.05, 4.69) is 30.9 Å². The smallest absolute Gasteiger partial charge is 0.0408 e. The first kappa shape index (κ1) is 16.8. The average Bonchev–Trinajstić information content (AvgIpc) is 2.77. The summed E-state index contributed by atoms with van der Waals surface area (Å²) in [6.45, 7) is 7.81. The summed E-state index contributed by atoms with van der Waals surface area (Å²) in [5.41, 5.74) is 7.30. The van der Waals surface area contributed by atoms with Crippen molar-refractivity contribution in [1.82, 2.24) is 4.90 Å². The van der Waals surface area contributed by atoms with Gasteiger partial charge in [0, 0.05) is 24.2 Å². The SMILES string of the molecule is CC(CN1CCC(C(C)N)C1)c1cccc(Cl)c1.Cl. The third kappa shape index (κ3) is 4.64. The number of nitrogens with zero attached hydrogens (tertiary/aromatic N) is 1. The van der Waals surface area contributed by atoms with E-state index in [9.17, 15) is 0 Å². The Bertz CT molecular complexity index is 395. The Morgan fingerprint density at radius 2 is 2.16 bits per heavy atom. The molecule has 0 aliphatic carbocycles. The topological polar surface area (TPSA) is 29.3 Å². The van der Waals surface area contributed by atoms with Crippen LogP contribution in [-0.4, -0.2) is 30.6 Å². The van der Waals surface area contributed by atoms with Gasteiger partial charge in [0.25, 0.3) is 0 Å². The van der Waals surface area contributed by atoms with E-state index < -0.39 is 0 Å². The summed E-state index contributed by atoms with van der Waals surface area (Å²) in [5, 5.41) is 0.828. The highest BCUT2D eigenvalue weighted by atomic mass is 35.5. The predicted molar refractivity (Wildman–Crippen MR) is 85.3 cm³/mol. The fourth-order valence-corrected chi connectivity index (χ4v) is 2.96. The third-order valence-electron chi connectivity index (χ3n) is 4.00. The van der Waals surface area contributed by atoms with E-state index in [1.807, 2.05) is 12.1 Å². The van der Waals surface area contributed by atoms with Crippen LogP contribution < -0.4 is 5.73 Å². The second-order valence-electron chi connectivity index (χ2n) is 5.62. The summed E-state index contributed by atoms with van der Waals surface area (Å²) < 4.78 is 0. The first-order valence-corrected chi connectivity index (χ1v) is 7.17. The third-order valence-corrected chi connectivity index (χ3v) is 4.24. The first-order chi connectivity index (χ1) is 8.56. The molecule has 0 aromatic heterocycles. The molecule has 1 aliphatic heterocycles. The minimum atomic E-state index is 0. The van der Waals surface area contributed by atoms with E-state index in [0.717, 1.165) is 18.1 Å². The second kappa shape index (κ2) is 7.49. The second-order valence-corrected chi connectivity index (χ2v) is 6.06. The van der Waals surface area contributed by atoms with Crippen molar-refractivity contribution in [3.63, 3.8) is 0 Å². The zero-order chi connectivity index (χ0) is 13.1. The minimum absolute atomic E-state index is 0. The molecule has 0 saturated carbocycles. The van der Waals surface area contributed by atoms with Gasteiger partial charge in [0.05, 0.1) is 0 Å². The van der Waals surface area contributed by atoms with Crippen LogP contribution in [0, 0.1) is 5.92 Å². The van der Waals surface area contributed by atoms with Gasteiger partial charge in [-0.1, -0.05) is 30.7 Å². The number of halogens is 2. The zero-order valence-corrected chi connectivity index (χ0v) is 13.3. The van der Waals surface area contributed by atoms with Crippen LogP contribution in [0.25, 0.3) is 0 Å². The maximum atomic E-state index is 6.04. The fourth-order valence-electron chi connectivity index (χ4n) is 2.76. The highest BCUT2D eigenvalue weighted by Gasteiger charge is 2.26. The van der Waals surface area contributed by atoms with Crippen LogP contribution in [0.15, 0.2) is 24.3 Å². The normalized spacial score (nSPS) is 22.8. The molecule has 1 aliphatic rings. The van der Waals surface area contributed by atoms with E-state index in [-0.39, 0.29) is 12.4 Å². The van der Waals surface area contributed by atoms with Crippen LogP contribution in [0.3, 0.4) is 0 Å². The van der Waals surface area contributed by atoms with Crippen molar-refractivity contribution in [3.05, 3.63) is 34.9 Å². The number of benzene rings is 1. The summed E-state index contributed by atoms with van der Waals surface area (Å²) in [7, 11) is 0. The molecule has 1 aromatic rings. The molecule has 3 atom stereocenters. The lowest BCUT2D eigenvalue weighted by atomic mass is 10.0. The molecule has 3 unspecified atom stereocenters. The lowest BCUT2D eigenvalue weighted by Crippen LogP contribution is -2.31. The molecule has 2 N–H and O–H groups in total. The van der Waals surface area contributed by atoms with Crippen molar-refractivity contribution < 1.29 is 0 Å². The lowest BCUT2D eigenvalue weighted by Gasteiger charge is -2.22. The van der Waals surface area contributed by atoms with Crippen molar-refractivity contribution in [2.45, 2.75) is 32.2 Å². The van der Waals surface area contributed by atoms with Gasteiger partial charge in [-0.15, -0.1) is 12.4 Å². The molecule has 0 bridgehead atoms. The molecule has 0 amide bonds. The Balaban J connectivity index is 0.00000180. The van der Waals surface area contributed by atoms with Gasteiger partial charge in [-0.25, -0.2) is 0 Å². The van der Waals surface area contributed by atoms with E-state index in [1.165, 1.54) is 18.5 Å². The summed E-state index contributed by atoms with van der Waals surface area (Å²) in [6.07, 6.45) is 1.24. The largest absolute Gasteiger partial charge is 0.328 e. The fraction of sp³-hybridized carbons (Fsp3) is 0.600. The molecule has 2 rings (SSSR count). The summed E-state index contributed by atoms with van der Waals surface area (Å²) in [6, 6.07) is 8.51. The van der Waals surface area contributed by atoms with Gasteiger partial charge in [-0.05, 0) is 49.4 Å². The Hall–Kier alpha value is -0.280. The Morgan fingerprint density at radius 1 is 1.42 bits per heavy atom. The Labute approximate surface area is 127 Å². The molecule has 1 aromatic carbocycles. The van der Waals surface area contributed by atoms with E-state index >= 15 is 0 Å². The lowest BCUT2D eigenvalue weighted by molar-refractivity contribution is 0.300. The van der Waals surface area contributed by atoms with Gasteiger partial charge >= 0.3 is 0 Å². The minimum Gasteiger partial charge on any atom is -0.328 e. The van der Waals surface area contributed by atoms with Crippen molar-refractivity contribution in [1.29, 1.82) is 0 Å². The monoisotopic (exact) mass is 302 g/mol. The van der Waals surface area contributed by atoms with Gasteiger partial charge < -0.3 is 10.6 Å². The summed E-state index contributed by atoms with van der Waals surface area (Å²) >= 11 is 6.04. The number of hydrogen-bond donors (Lipinski definition) is 1. The number of hydrogen-bond acceptors (Lipinski definition) is 2. The molecule has 19 heavy (non-hydrogen) atoms. The van der Waals surface area contributed by atoms with Crippen LogP contribution in [0.1, 0.15) is 31.7 Å². The van der Waals surface area contributed by atoms with E-state index in [4.69, 9.17) is 17.3 Å². The number of rotatable bonds is 4. The molecule has 0 spiro atoms. The highest BCUT2D eigenvalue weighted by Crippen LogP contribution is 2.24. The van der Waals surface area contributed by atoms with Gasteiger partial charge in [0.15, 0.2) is 0 Å². The molecule has 2 nitrogen and oxygen atoms in total. The maximum Gasteiger partial charge on any atom is 0.0408 e. The standard InChI is InChI=1S/C15H23ClN2.ClH/c1-11(13-4-3-5-15(16)8-13)9-18-7-6-14(10-18)12(2)17;/h3-5,8,11-12,14H,6-7,9-10,17H2,1-2H3;1H. The quantitative estimate of drug-likeness (QED) is 0.922. The molecule has 0 radical (unpaired) electrons. The maximum absolute atomic E-state index is 6.04. The highest BCUT2D eigenvalue weighted by molar-refractivity contribution is 6.30. The molecular weight excluding hydrogens is 279 g/mol. The van der Waals surface area contributed by atoms with Crippen molar-refractivity contribution in [2.24, 2.45) is 11.7 Å². The molecule has 1 fully saturated rings. The van der Waals surface area contributed by atoms with Crippen LogP contribution in [-0.2, 0) is 0 Å². The number of nitrogens with two attached hydrogens (primary N) is 1. The Morgan fingerprint density at radius 3 is 2.74 bits per heavy atom. The van der Waals surface area contributed by atoms with E-state index in [0.29, 0.717) is 17.9 Å². The van der Waals surface area contributed by atoms with Gasteiger partial charge in [0.1, 0.15) is 0 Å². The van der Waals surface area contributed by atoms with Crippen LogP contribution in [0.5, 0.6) is 0 Å². The van der Waals surface area contributed by atoms with Crippen LogP contribution >= 0.6 is 24.0 Å². The average molecular weight is 303 g/mol. The van der Waals surface area contributed by atoms with E-state index in [1.54, 1.807) is 0 Å². The Kier molecular flexibility index (Phi) is 6.61. The van der Waals surface area contributed by atoms with Crippen LogP contribution in [0.2, 0.25) is 5.02 Å². The molecule has 1 saturated heterocycles. The predicted octanol–water partition coefficient (Wildman–Crippen LogP) is 3.53. The number of likely N-dealkylation sites (tertiary alicyclic amines) is 1. The van der Waals surface area contributed by atoms with Gasteiger partial charge in [0.2, 0.25) is 0 Å².